The van der Waals surface area contributed by atoms with E-state index in [4.69, 9.17) is 30.9 Å². The van der Waals surface area contributed by atoms with Gasteiger partial charge in [-0.25, -0.2) is 32.1 Å². The highest BCUT2D eigenvalue weighted by Crippen LogP contribution is 2.27. The van der Waals surface area contributed by atoms with Crippen LogP contribution in [0, 0.1) is 12.7 Å². The second kappa shape index (κ2) is 16.7. The smallest absolute Gasteiger partial charge is 0.389 e. The van der Waals surface area contributed by atoms with Gasteiger partial charge in [0.1, 0.15) is 17.3 Å². The Bertz CT molecular complexity index is 1890. The molecule has 0 bridgehead atoms. The number of urea groups is 1. The van der Waals surface area contributed by atoms with E-state index in [0.717, 1.165) is 12.1 Å². The third-order valence-electron chi connectivity index (χ3n) is 5.77. The second-order valence-corrected chi connectivity index (χ2v) is 11.7. The molecule has 4 aromatic rings. The van der Waals surface area contributed by atoms with E-state index in [-0.39, 0.29) is 34.2 Å². The van der Waals surface area contributed by atoms with Gasteiger partial charge in [-0.05, 0) is 62.2 Å². The average molecular weight is 731 g/mol. The highest BCUT2D eigenvalue weighted by atomic mass is 35.5. The van der Waals surface area contributed by atoms with Crippen LogP contribution < -0.4 is 24.2 Å². The van der Waals surface area contributed by atoms with Gasteiger partial charge in [-0.15, -0.1) is 0 Å². The first-order valence-electron chi connectivity index (χ1n) is 13.7. The lowest BCUT2D eigenvalue weighted by Gasteiger charge is -2.13. The summed E-state index contributed by atoms with van der Waals surface area (Å²) < 4.78 is 92.7. The fourth-order valence-electron chi connectivity index (χ4n) is 3.59. The van der Waals surface area contributed by atoms with Crippen LogP contribution in [0.3, 0.4) is 0 Å². The first kappa shape index (κ1) is 38.2. The number of aromatic nitrogens is 4. The number of pyridine rings is 1. The molecule has 0 saturated heterocycles. The van der Waals surface area contributed by atoms with Crippen LogP contribution in [-0.4, -0.2) is 64.9 Å². The van der Waals surface area contributed by atoms with Crippen molar-refractivity contribution in [3.8, 4) is 23.4 Å². The summed E-state index contributed by atoms with van der Waals surface area (Å²) >= 11 is 5.59. The molecule has 0 spiro atoms. The van der Waals surface area contributed by atoms with Crippen molar-refractivity contribution in [1.82, 2.24) is 24.7 Å². The molecule has 0 radical (unpaired) electrons. The van der Waals surface area contributed by atoms with E-state index in [1.807, 2.05) is 0 Å². The number of alkyl halides is 3. The zero-order valence-corrected chi connectivity index (χ0v) is 27.2. The predicted molar refractivity (Wildman–Crippen MR) is 165 cm³/mol. The molecule has 1 atom stereocenters. The van der Waals surface area contributed by atoms with Crippen molar-refractivity contribution < 1.29 is 54.9 Å². The highest BCUT2D eigenvalue weighted by Gasteiger charge is 2.29. The Balaban J connectivity index is 0.000000276. The minimum atomic E-state index is -4.45. The number of benzene rings is 2. The van der Waals surface area contributed by atoms with Crippen molar-refractivity contribution in [2.45, 2.75) is 43.9 Å². The average Bonchev–Trinajstić information content (AvgIpc) is 3.01. The number of amides is 2. The van der Waals surface area contributed by atoms with E-state index in [9.17, 15) is 35.6 Å². The molecule has 2 aromatic heterocycles. The van der Waals surface area contributed by atoms with Gasteiger partial charge in [0.15, 0.2) is 11.9 Å². The first-order chi connectivity index (χ1) is 23.0. The topological polar surface area (TPSA) is 192 Å². The number of carbonyl (C=O) groups is 2. The molecule has 0 saturated carbocycles. The Morgan fingerprint density at radius 3 is 2.31 bits per heavy atom. The largest absolute Gasteiger partial charge is 0.479 e. The number of halogens is 5. The van der Waals surface area contributed by atoms with Crippen molar-refractivity contribution in [3.05, 3.63) is 83.0 Å². The number of aliphatic carboxylic acids is 1. The number of carboxylic acids is 1. The summed E-state index contributed by atoms with van der Waals surface area (Å²) in [6.45, 7) is 2.92. The second-order valence-electron chi connectivity index (χ2n) is 9.59. The number of nitrogens with zero attached hydrogens (tertiary/aromatic N) is 4. The monoisotopic (exact) mass is 730 g/mol. The summed E-state index contributed by atoms with van der Waals surface area (Å²) in [7, 11) is -3.14. The quantitative estimate of drug-likeness (QED) is 0.160. The molecular weight excluding hydrogens is 704 g/mol. The van der Waals surface area contributed by atoms with Gasteiger partial charge in [-0.3, -0.25) is 5.32 Å². The third kappa shape index (κ3) is 12.3. The van der Waals surface area contributed by atoms with Gasteiger partial charge in [0.2, 0.25) is 5.95 Å². The molecule has 0 aliphatic rings. The van der Waals surface area contributed by atoms with Crippen LogP contribution in [0.5, 0.6) is 23.4 Å². The van der Waals surface area contributed by atoms with Crippen LogP contribution in [0.1, 0.15) is 24.7 Å². The molecule has 0 aliphatic carbocycles. The summed E-state index contributed by atoms with van der Waals surface area (Å²) in [5.41, 5.74) is -0.0715. The van der Waals surface area contributed by atoms with Gasteiger partial charge in [0, 0.05) is 12.6 Å². The zero-order chi connectivity index (χ0) is 36.4. The number of methoxy groups -OCH3 is 1. The number of hydrogen-bond acceptors (Lipinski definition) is 11. The molecule has 262 valence electrons. The van der Waals surface area contributed by atoms with Crippen molar-refractivity contribution >= 4 is 39.6 Å². The minimum Gasteiger partial charge on any atom is -0.479 e. The Morgan fingerprint density at radius 1 is 1.04 bits per heavy atom. The van der Waals surface area contributed by atoms with Crippen LogP contribution in [0.15, 0.2) is 65.7 Å². The van der Waals surface area contributed by atoms with Crippen LogP contribution in [0.25, 0.3) is 0 Å². The number of nitrogens with one attached hydrogen (secondary N) is 2. The maximum absolute atomic E-state index is 13.5. The van der Waals surface area contributed by atoms with Gasteiger partial charge in [0.05, 0.1) is 17.0 Å². The molecule has 49 heavy (non-hydrogen) atoms. The molecule has 20 heteroatoms. The lowest BCUT2D eigenvalue weighted by Crippen LogP contribution is -2.35. The van der Waals surface area contributed by atoms with Gasteiger partial charge >= 0.3 is 24.2 Å². The molecule has 0 aliphatic heterocycles. The fraction of sp³-hybridized carbons (Fsp3) is 0.241. The van der Waals surface area contributed by atoms with Crippen molar-refractivity contribution in [1.29, 1.82) is 0 Å². The molecule has 3 N–H and O–H groups in total. The fourth-order valence-corrected chi connectivity index (χ4v) is 4.91. The van der Waals surface area contributed by atoms with Gasteiger partial charge < -0.3 is 19.3 Å². The van der Waals surface area contributed by atoms with Gasteiger partial charge in [0.25, 0.3) is 15.9 Å². The summed E-state index contributed by atoms with van der Waals surface area (Å²) in [5.74, 6) is -1.30. The molecular formula is C29H27ClF4N6O8S. The number of anilines is 1. The van der Waals surface area contributed by atoms with Crippen molar-refractivity contribution in [2.75, 3.05) is 12.4 Å². The van der Waals surface area contributed by atoms with Gasteiger partial charge in [-0.1, -0.05) is 29.8 Å². The maximum atomic E-state index is 13.5. The zero-order valence-electron chi connectivity index (χ0n) is 25.7. The Morgan fingerprint density at radius 2 is 1.69 bits per heavy atom. The van der Waals surface area contributed by atoms with Gasteiger partial charge in [-0.2, -0.15) is 28.1 Å². The normalized spacial score (nSPS) is 11.8. The van der Waals surface area contributed by atoms with Crippen LogP contribution >= 0.6 is 11.6 Å². The number of aryl methyl sites for hydroxylation is 2. The number of carbonyl (C=O) groups excluding carboxylic acids is 1. The Hall–Kier alpha value is -5.30. The van der Waals surface area contributed by atoms with E-state index in [2.05, 4.69) is 25.3 Å². The summed E-state index contributed by atoms with van der Waals surface area (Å²) in [6.07, 6.45) is -5.89. The van der Waals surface area contributed by atoms with E-state index >= 15 is 0 Å². The van der Waals surface area contributed by atoms with Crippen LogP contribution in [-0.2, 0) is 21.2 Å². The number of carboxylic acid groups (broad SMARTS) is 1. The molecule has 0 unspecified atom stereocenters. The summed E-state index contributed by atoms with van der Waals surface area (Å²) in [5, 5.41) is 11.0. The first-order valence-corrected chi connectivity index (χ1v) is 15.6. The molecule has 0 fully saturated rings. The number of rotatable bonds is 11. The standard InChI is InChI=1S/C15H16F3N5O4S.C14H11ClFNO4/c1-9-19-12(22-14(20-9)27-2)21-13(24)23-28(25,26)11-6-4-3-5-10(11)7-8-15(16,17)18;1-8(14(18)19)20-10-2-4-11(5-3-10)21-13-12(16)6-9(15)7-17-13/h3-6H,7-8H2,1-2H3,(H2,19,20,21,22,23,24);2-8H,1H3,(H,18,19)/t;8-/m.1/s1. The lowest BCUT2D eigenvalue weighted by molar-refractivity contribution is -0.144. The lowest BCUT2D eigenvalue weighted by atomic mass is 10.1. The Labute approximate surface area is 281 Å². The molecule has 2 heterocycles. The maximum Gasteiger partial charge on any atom is 0.389 e. The van der Waals surface area contributed by atoms with Crippen molar-refractivity contribution in [3.63, 3.8) is 0 Å². The summed E-state index contributed by atoms with van der Waals surface area (Å²) in [4.78, 5) is 37.3. The summed E-state index contributed by atoms with van der Waals surface area (Å²) in [6, 6.07) is 11.0. The molecule has 4 rings (SSSR count). The third-order valence-corrected chi connectivity index (χ3v) is 7.41. The SMILES string of the molecule is COc1nc(C)nc(NC(=O)NS(=O)(=O)c2ccccc2CCC(F)(F)F)n1.C[C@@H](Oc1ccc(Oc2ncc(Cl)cc2F)cc1)C(=O)O. The molecule has 2 amide bonds. The Kier molecular flexibility index (Phi) is 13.0. The van der Waals surface area contributed by atoms with E-state index in [1.165, 1.54) is 69.6 Å². The number of hydrogen-bond donors (Lipinski definition) is 3. The minimum absolute atomic E-state index is 0.0715. The van der Waals surface area contributed by atoms with Crippen LogP contribution in [0.2, 0.25) is 5.02 Å². The van der Waals surface area contributed by atoms with E-state index in [1.54, 1.807) is 4.72 Å². The molecule has 2 aromatic carbocycles. The highest BCUT2D eigenvalue weighted by molar-refractivity contribution is 7.90. The van der Waals surface area contributed by atoms with Crippen molar-refractivity contribution in [2.24, 2.45) is 0 Å². The van der Waals surface area contributed by atoms with E-state index in [0.29, 0.717) is 11.5 Å². The number of sulfonamides is 1. The number of ether oxygens (including phenoxy) is 3. The predicted octanol–water partition coefficient (Wildman–Crippen LogP) is 5.71. The molecule has 14 nitrogen and oxygen atoms in total. The van der Waals surface area contributed by atoms with E-state index < -0.39 is 57.9 Å². The van der Waals surface area contributed by atoms with Crippen LogP contribution in [0.4, 0.5) is 28.3 Å².